The summed E-state index contributed by atoms with van der Waals surface area (Å²) in [6.45, 7) is 0. The summed E-state index contributed by atoms with van der Waals surface area (Å²) in [4.78, 5) is 11.4. The molecule has 0 unspecified atom stereocenters. The van der Waals surface area contributed by atoms with E-state index >= 15 is 0 Å². The molecule has 1 aromatic carbocycles. The average Bonchev–Trinajstić information content (AvgIpc) is 2.83. The Morgan fingerprint density at radius 3 is 2.24 bits per heavy atom. The Labute approximate surface area is 117 Å². The number of alkyl halides is 3. The number of aromatic nitrogens is 2. The summed E-state index contributed by atoms with van der Waals surface area (Å²) in [6, 6.07) is 4.85. The third-order valence-electron chi connectivity index (χ3n) is 2.83. The van der Waals surface area contributed by atoms with Crippen molar-refractivity contribution < 1.29 is 18.1 Å². The number of hydrogen-bond acceptors (Lipinski definition) is 4. The maximum Gasteiger partial charge on any atom is 0.435 e. The molecular weight excluding hydrogens is 289 g/mol. The van der Waals surface area contributed by atoms with Crippen LogP contribution in [0.25, 0.3) is 11.1 Å². The van der Waals surface area contributed by atoms with Crippen LogP contribution >= 0.6 is 0 Å². The van der Waals surface area contributed by atoms with E-state index in [1.54, 1.807) is 14.1 Å². The first-order valence-electron chi connectivity index (χ1n) is 5.79. The van der Waals surface area contributed by atoms with Gasteiger partial charge in [-0.3, -0.25) is 15.2 Å². The minimum absolute atomic E-state index is 0.137. The lowest BCUT2D eigenvalue weighted by Gasteiger charge is -2.14. The van der Waals surface area contributed by atoms with Crippen molar-refractivity contribution in [2.75, 3.05) is 19.0 Å². The Bertz CT molecular complexity index is 662. The number of non-ortho nitro benzene ring substituents is 1. The molecule has 1 heterocycles. The van der Waals surface area contributed by atoms with Gasteiger partial charge < -0.3 is 4.90 Å². The van der Waals surface area contributed by atoms with Crippen molar-refractivity contribution in [3.05, 3.63) is 40.1 Å². The average molecular weight is 300 g/mol. The first kappa shape index (κ1) is 14.8. The zero-order valence-electron chi connectivity index (χ0n) is 11.1. The summed E-state index contributed by atoms with van der Waals surface area (Å²) in [5, 5.41) is 16.3. The minimum atomic E-state index is -4.62. The quantitative estimate of drug-likeness (QED) is 0.698. The first-order chi connectivity index (χ1) is 9.71. The summed E-state index contributed by atoms with van der Waals surface area (Å²) < 4.78 is 39.0. The fraction of sp³-hybridized carbons (Fsp3) is 0.250. The molecule has 0 radical (unpaired) electrons. The number of halogens is 3. The van der Waals surface area contributed by atoms with E-state index in [9.17, 15) is 23.3 Å². The predicted molar refractivity (Wildman–Crippen MR) is 70.0 cm³/mol. The number of nitro benzene ring substituents is 1. The molecule has 0 aliphatic rings. The molecule has 0 bridgehead atoms. The smallest absolute Gasteiger partial charge is 0.363 e. The molecule has 1 aromatic heterocycles. The summed E-state index contributed by atoms with van der Waals surface area (Å²) in [5.41, 5.74) is -1.19. The van der Waals surface area contributed by atoms with Crippen LogP contribution in [0.1, 0.15) is 5.69 Å². The normalized spacial score (nSPS) is 11.5. The fourth-order valence-corrected chi connectivity index (χ4v) is 1.88. The van der Waals surface area contributed by atoms with Gasteiger partial charge in [0, 0.05) is 26.2 Å². The Kier molecular flexibility index (Phi) is 3.58. The molecule has 0 aliphatic heterocycles. The zero-order chi connectivity index (χ0) is 15.8. The van der Waals surface area contributed by atoms with Crippen LogP contribution in [0.15, 0.2) is 24.3 Å². The van der Waals surface area contributed by atoms with Crippen LogP contribution in [0.3, 0.4) is 0 Å². The van der Waals surface area contributed by atoms with Gasteiger partial charge in [-0.2, -0.15) is 18.3 Å². The number of anilines is 1. The second kappa shape index (κ2) is 5.08. The van der Waals surface area contributed by atoms with Gasteiger partial charge in [0.2, 0.25) is 0 Å². The molecule has 21 heavy (non-hydrogen) atoms. The minimum Gasteiger partial charge on any atom is -0.363 e. The number of aromatic amines is 1. The van der Waals surface area contributed by atoms with Gasteiger partial charge in [0.1, 0.15) is 5.82 Å². The fourth-order valence-electron chi connectivity index (χ4n) is 1.88. The number of nitrogens with one attached hydrogen (secondary N) is 1. The maximum absolute atomic E-state index is 13.0. The number of benzene rings is 1. The molecule has 112 valence electrons. The highest BCUT2D eigenvalue weighted by Gasteiger charge is 2.38. The Morgan fingerprint density at radius 2 is 1.81 bits per heavy atom. The SMILES string of the molecule is CN(C)c1[nH]nc(C(F)(F)F)c1-c1ccc([N+](=O)[O-])cc1. The Balaban J connectivity index is 2.60. The van der Waals surface area contributed by atoms with Crippen molar-refractivity contribution >= 4 is 11.5 Å². The lowest BCUT2D eigenvalue weighted by molar-refractivity contribution is -0.384. The van der Waals surface area contributed by atoms with Gasteiger partial charge in [-0.25, -0.2) is 0 Å². The van der Waals surface area contributed by atoms with E-state index < -0.39 is 16.8 Å². The number of nitrogens with zero attached hydrogens (tertiary/aromatic N) is 3. The molecule has 0 spiro atoms. The summed E-state index contributed by atoms with van der Waals surface area (Å²) >= 11 is 0. The highest BCUT2D eigenvalue weighted by atomic mass is 19.4. The van der Waals surface area contributed by atoms with E-state index in [4.69, 9.17) is 0 Å². The molecule has 2 aromatic rings. The molecule has 9 heteroatoms. The van der Waals surface area contributed by atoms with E-state index in [1.165, 1.54) is 17.0 Å². The first-order valence-corrected chi connectivity index (χ1v) is 5.79. The molecule has 0 aliphatic carbocycles. The predicted octanol–water partition coefficient (Wildman–Crippen LogP) is 3.07. The number of rotatable bonds is 3. The van der Waals surface area contributed by atoms with Crippen LogP contribution in [0.4, 0.5) is 24.7 Å². The molecule has 0 saturated heterocycles. The van der Waals surface area contributed by atoms with Gasteiger partial charge in [0.25, 0.3) is 5.69 Å². The second-order valence-corrected chi connectivity index (χ2v) is 4.49. The lowest BCUT2D eigenvalue weighted by Crippen LogP contribution is -2.11. The van der Waals surface area contributed by atoms with Gasteiger partial charge in [-0.15, -0.1) is 0 Å². The van der Waals surface area contributed by atoms with Crippen molar-refractivity contribution in [1.82, 2.24) is 10.2 Å². The van der Waals surface area contributed by atoms with Gasteiger partial charge in [-0.1, -0.05) is 0 Å². The van der Waals surface area contributed by atoms with Crippen LogP contribution in [0.5, 0.6) is 0 Å². The lowest BCUT2D eigenvalue weighted by atomic mass is 10.0. The third kappa shape index (κ3) is 2.81. The Hall–Kier alpha value is -2.58. The van der Waals surface area contributed by atoms with Crippen molar-refractivity contribution in [2.24, 2.45) is 0 Å². The van der Waals surface area contributed by atoms with Gasteiger partial charge in [0.05, 0.1) is 10.5 Å². The van der Waals surface area contributed by atoms with Crippen molar-refractivity contribution in [2.45, 2.75) is 6.18 Å². The van der Waals surface area contributed by atoms with Crippen molar-refractivity contribution in [3.63, 3.8) is 0 Å². The number of H-pyrrole nitrogens is 1. The van der Waals surface area contributed by atoms with E-state index in [-0.39, 0.29) is 22.6 Å². The van der Waals surface area contributed by atoms with Crippen LogP contribution in [-0.4, -0.2) is 29.2 Å². The van der Waals surface area contributed by atoms with Crippen LogP contribution in [0, 0.1) is 10.1 Å². The molecule has 0 atom stereocenters. The van der Waals surface area contributed by atoms with Crippen LogP contribution in [0.2, 0.25) is 0 Å². The molecule has 0 amide bonds. The maximum atomic E-state index is 13.0. The molecule has 2 rings (SSSR count). The molecular formula is C12H11F3N4O2. The molecule has 0 fully saturated rings. The van der Waals surface area contributed by atoms with E-state index in [2.05, 4.69) is 10.2 Å². The standard InChI is InChI=1S/C12H11F3N4O2/c1-18(2)11-9(10(16-17-11)12(13,14)15)7-3-5-8(6-4-7)19(20)21/h3-6H,1-2H3,(H,16,17). The number of nitro groups is 1. The molecule has 0 saturated carbocycles. The third-order valence-corrected chi connectivity index (χ3v) is 2.83. The topological polar surface area (TPSA) is 75.1 Å². The van der Waals surface area contributed by atoms with Crippen LogP contribution < -0.4 is 4.90 Å². The van der Waals surface area contributed by atoms with Gasteiger partial charge in [0.15, 0.2) is 5.69 Å². The van der Waals surface area contributed by atoms with E-state index in [0.29, 0.717) is 0 Å². The summed E-state index contributed by atoms with van der Waals surface area (Å²) in [5.74, 6) is 0.177. The zero-order valence-corrected chi connectivity index (χ0v) is 11.1. The molecule has 6 nitrogen and oxygen atoms in total. The van der Waals surface area contributed by atoms with Crippen molar-refractivity contribution in [3.8, 4) is 11.1 Å². The van der Waals surface area contributed by atoms with Gasteiger partial charge >= 0.3 is 6.18 Å². The highest BCUT2D eigenvalue weighted by molar-refractivity contribution is 5.79. The largest absolute Gasteiger partial charge is 0.435 e. The van der Waals surface area contributed by atoms with E-state index in [1.807, 2.05) is 0 Å². The second-order valence-electron chi connectivity index (χ2n) is 4.49. The summed E-state index contributed by atoms with van der Waals surface area (Å²) in [7, 11) is 3.14. The number of hydrogen-bond donors (Lipinski definition) is 1. The molecule has 1 N–H and O–H groups in total. The summed E-state index contributed by atoms with van der Waals surface area (Å²) in [6.07, 6.45) is -4.62. The van der Waals surface area contributed by atoms with Gasteiger partial charge in [-0.05, 0) is 17.7 Å². The van der Waals surface area contributed by atoms with E-state index in [0.717, 1.165) is 12.1 Å². The van der Waals surface area contributed by atoms with Crippen molar-refractivity contribution in [1.29, 1.82) is 0 Å². The highest BCUT2D eigenvalue weighted by Crippen LogP contribution is 2.40. The Morgan fingerprint density at radius 1 is 1.24 bits per heavy atom. The van der Waals surface area contributed by atoms with Crippen LogP contribution in [-0.2, 0) is 6.18 Å². The monoisotopic (exact) mass is 300 g/mol.